The molecule has 2 fully saturated rings. The highest BCUT2D eigenvalue weighted by atomic mass is 16.2. The third kappa shape index (κ3) is 2.13. The SMILES string of the molecule is CC(=O)[C@@H]1C[C@@H](C2CCCC2)CN1C(C)=O. The summed E-state index contributed by atoms with van der Waals surface area (Å²) < 4.78 is 0. The Balaban J connectivity index is 2.05. The lowest BCUT2D eigenvalue weighted by molar-refractivity contribution is -0.135. The van der Waals surface area contributed by atoms with Crippen LogP contribution in [0.4, 0.5) is 0 Å². The molecule has 90 valence electrons. The van der Waals surface area contributed by atoms with Gasteiger partial charge in [0.15, 0.2) is 5.78 Å². The van der Waals surface area contributed by atoms with E-state index in [2.05, 4.69) is 0 Å². The minimum Gasteiger partial charge on any atom is -0.333 e. The molecule has 1 saturated carbocycles. The second-order valence-electron chi connectivity index (χ2n) is 5.34. The van der Waals surface area contributed by atoms with Gasteiger partial charge in [0, 0.05) is 13.5 Å². The van der Waals surface area contributed by atoms with Gasteiger partial charge in [0.2, 0.25) is 5.91 Å². The first-order valence-electron chi connectivity index (χ1n) is 6.37. The van der Waals surface area contributed by atoms with Crippen LogP contribution in [0.15, 0.2) is 0 Å². The molecule has 3 nitrogen and oxygen atoms in total. The van der Waals surface area contributed by atoms with Crippen LogP contribution >= 0.6 is 0 Å². The van der Waals surface area contributed by atoms with Crippen LogP contribution in [0.2, 0.25) is 0 Å². The quantitative estimate of drug-likeness (QED) is 0.718. The summed E-state index contributed by atoms with van der Waals surface area (Å²) in [4.78, 5) is 24.8. The molecule has 1 amide bonds. The first kappa shape index (κ1) is 11.6. The molecule has 0 aromatic heterocycles. The molecule has 1 saturated heterocycles. The van der Waals surface area contributed by atoms with E-state index in [9.17, 15) is 9.59 Å². The van der Waals surface area contributed by atoms with Crippen molar-refractivity contribution < 1.29 is 9.59 Å². The molecule has 3 heteroatoms. The van der Waals surface area contributed by atoms with Crippen molar-refractivity contribution in [2.45, 2.75) is 52.0 Å². The molecule has 2 atom stereocenters. The van der Waals surface area contributed by atoms with Gasteiger partial charge in [0.1, 0.15) is 0 Å². The molecule has 0 bridgehead atoms. The van der Waals surface area contributed by atoms with Crippen LogP contribution in [0.25, 0.3) is 0 Å². The maximum Gasteiger partial charge on any atom is 0.220 e. The zero-order chi connectivity index (χ0) is 11.7. The molecule has 0 N–H and O–H groups in total. The molecule has 0 aromatic rings. The van der Waals surface area contributed by atoms with Gasteiger partial charge in [0.05, 0.1) is 6.04 Å². The third-order valence-corrected chi connectivity index (χ3v) is 4.27. The Hall–Kier alpha value is -0.860. The van der Waals surface area contributed by atoms with Crippen LogP contribution in [0.3, 0.4) is 0 Å². The zero-order valence-electron chi connectivity index (χ0n) is 10.2. The molecule has 16 heavy (non-hydrogen) atoms. The van der Waals surface area contributed by atoms with E-state index in [1.807, 2.05) is 0 Å². The van der Waals surface area contributed by atoms with Crippen LogP contribution in [0.1, 0.15) is 46.0 Å². The van der Waals surface area contributed by atoms with Gasteiger partial charge in [-0.25, -0.2) is 0 Å². The number of carbonyl (C=O) groups excluding carboxylic acids is 2. The van der Waals surface area contributed by atoms with E-state index in [0.717, 1.165) is 18.9 Å². The predicted octanol–water partition coefficient (Wildman–Crippen LogP) is 2.00. The van der Waals surface area contributed by atoms with Gasteiger partial charge in [-0.05, 0) is 25.2 Å². The number of nitrogens with zero attached hydrogens (tertiary/aromatic N) is 1. The van der Waals surface area contributed by atoms with Crippen molar-refractivity contribution in [3.8, 4) is 0 Å². The Morgan fingerprint density at radius 2 is 1.69 bits per heavy atom. The molecule has 0 spiro atoms. The molecule has 0 unspecified atom stereocenters. The summed E-state index contributed by atoms with van der Waals surface area (Å²) in [6.45, 7) is 3.99. The standard InChI is InChI=1S/C13H21NO2/c1-9(15)13-7-12(8-14(13)10(2)16)11-5-3-4-6-11/h11-13H,3-8H2,1-2H3/t12-,13+/m1/s1. The fraction of sp³-hybridized carbons (Fsp3) is 0.846. The van der Waals surface area contributed by atoms with Crippen LogP contribution in [0.5, 0.6) is 0 Å². The van der Waals surface area contributed by atoms with Gasteiger partial charge in [-0.2, -0.15) is 0 Å². The number of Topliss-reactive ketones (excluding diaryl/α,β-unsaturated/α-hetero) is 1. The lowest BCUT2D eigenvalue weighted by Gasteiger charge is -2.21. The summed E-state index contributed by atoms with van der Waals surface area (Å²) in [6, 6.07) is -0.136. The lowest BCUT2D eigenvalue weighted by Crippen LogP contribution is -2.38. The second kappa shape index (κ2) is 4.56. The van der Waals surface area contributed by atoms with Crippen molar-refractivity contribution in [3.63, 3.8) is 0 Å². The number of likely N-dealkylation sites (tertiary alicyclic amines) is 1. The van der Waals surface area contributed by atoms with Gasteiger partial charge >= 0.3 is 0 Å². The van der Waals surface area contributed by atoms with Crippen LogP contribution in [-0.2, 0) is 9.59 Å². The van der Waals surface area contributed by atoms with Gasteiger partial charge in [-0.15, -0.1) is 0 Å². The van der Waals surface area contributed by atoms with Crippen molar-refractivity contribution in [1.29, 1.82) is 0 Å². The summed E-state index contributed by atoms with van der Waals surface area (Å²) in [6.07, 6.45) is 6.14. The summed E-state index contributed by atoms with van der Waals surface area (Å²) in [7, 11) is 0. The Labute approximate surface area is 97.2 Å². The normalized spacial score (nSPS) is 31.0. The molecule has 0 radical (unpaired) electrons. The van der Waals surface area contributed by atoms with E-state index in [1.165, 1.54) is 25.7 Å². The Bertz CT molecular complexity index is 272. The van der Waals surface area contributed by atoms with Crippen molar-refractivity contribution in [1.82, 2.24) is 4.90 Å². The first-order valence-corrected chi connectivity index (χ1v) is 6.37. The van der Waals surface area contributed by atoms with Crippen molar-refractivity contribution in [3.05, 3.63) is 0 Å². The summed E-state index contributed by atoms with van der Waals surface area (Å²) in [5.41, 5.74) is 0. The Morgan fingerprint density at radius 3 is 2.12 bits per heavy atom. The molecule has 0 aromatic carbocycles. The topological polar surface area (TPSA) is 37.4 Å². The minimum absolute atomic E-state index is 0.0562. The van der Waals surface area contributed by atoms with Crippen molar-refractivity contribution in [2.24, 2.45) is 11.8 Å². The van der Waals surface area contributed by atoms with E-state index in [1.54, 1.807) is 18.7 Å². The molecule has 1 aliphatic heterocycles. The highest BCUT2D eigenvalue weighted by Gasteiger charge is 2.40. The number of amides is 1. The highest BCUT2D eigenvalue weighted by Crippen LogP contribution is 2.38. The number of hydrogen-bond donors (Lipinski definition) is 0. The Morgan fingerprint density at radius 1 is 1.06 bits per heavy atom. The minimum atomic E-state index is -0.136. The van der Waals surface area contributed by atoms with Gasteiger partial charge < -0.3 is 4.90 Å². The van der Waals surface area contributed by atoms with Gasteiger partial charge in [-0.3, -0.25) is 9.59 Å². The maximum absolute atomic E-state index is 11.5. The van der Waals surface area contributed by atoms with E-state index < -0.39 is 0 Å². The number of ketones is 1. The fourth-order valence-corrected chi connectivity index (χ4v) is 3.37. The molecule has 1 aliphatic carbocycles. The number of carbonyl (C=O) groups is 2. The molecule has 2 aliphatic rings. The van der Waals surface area contributed by atoms with Crippen molar-refractivity contribution >= 4 is 11.7 Å². The Kier molecular flexibility index (Phi) is 3.31. The number of hydrogen-bond acceptors (Lipinski definition) is 2. The largest absolute Gasteiger partial charge is 0.333 e. The molecular weight excluding hydrogens is 202 g/mol. The van der Waals surface area contributed by atoms with Crippen LogP contribution in [0, 0.1) is 11.8 Å². The summed E-state index contributed by atoms with van der Waals surface area (Å²) in [5.74, 6) is 1.53. The first-order chi connectivity index (χ1) is 7.59. The van der Waals surface area contributed by atoms with E-state index in [-0.39, 0.29) is 17.7 Å². The van der Waals surface area contributed by atoms with Gasteiger partial charge in [-0.1, -0.05) is 25.7 Å². The zero-order valence-corrected chi connectivity index (χ0v) is 10.2. The maximum atomic E-state index is 11.5. The average Bonchev–Trinajstić information content (AvgIpc) is 2.86. The fourth-order valence-electron chi connectivity index (χ4n) is 3.37. The smallest absolute Gasteiger partial charge is 0.220 e. The molecular formula is C13H21NO2. The monoisotopic (exact) mass is 223 g/mol. The summed E-state index contributed by atoms with van der Waals surface area (Å²) >= 11 is 0. The number of rotatable bonds is 2. The average molecular weight is 223 g/mol. The predicted molar refractivity (Wildman–Crippen MR) is 61.9 cm³/mol. The highest BCUT2D eigenvalue weighted by molar-refractivity contribution is 5.87. The van der Waals surface area contributed by atoms with E-state index in [0.29, 0.717) is 5.92 Å². The third-order valence-electron chi connectivity index (χ3n) is 4.27. The molecule has 1 heterocycles. The van der Waals surface area contributed by atoms with E-state index in [4.69, 9.17) is 0 Å². The van der Waals surface area contributed by atoms with E-state index >= 15 is 0 Å². The van der Waals surface area contributed by atoms with Gasteiger partial charge in [0.25, 0.3) is 0 Å². The molecule has 2 rings (SSSR count). The van der Waals surface area contributed by atoms with Crippen LogP contribution in [-0.4, -0.2) is 29.2 Å². The van der Waals surface area contributed by atoms with Crippen LogP contribution < -0.4 is 0 Å². The summed E-state index contributed by atoms with van der Waals surface area (Å²) in [5, 5.41) is 0. The lowest BCUT2D eigenvalue weighted by atomic mass is 9.88. The van der Waals surface area contributed by atoms with Crippen molar-refractivity contribution in [2.75, 3.05) is 6.54 Å². The second-order valence-corrected chi connectivity index (χ2v) is 5.34.